The van der Waals surface area contributed by atoms with Gasteiger partial charge in [-0.2, -0.15) is 0 Å². The van der Waals surface area contributed by atoms with Crippen molar-refractivity contribution in [1.82, 2.24) is 5.32 Å². The van der Waals surface area contributed by atoms with E-state index in [4.69, 9.17) is 21.1 Å². The highest BCUT2D eigenvalue weighted by atomic mass is 35.5. The smallest absolute Gasteiger partial charge is 0.0965 e. The van der Waals surface area contributed by atoms with Crippen LogP contribution in [0.3, 0.4) is 0 Å². The number of benzene rings is 1. The van der Waals surface area contributed by atoms with E-state index in [1.807, 2.05) is 6.07 Å². The van der Waals surface area contributed by atoms with Crippen LogP contribution in [0.2, 0.25) is 5.02 Å². The van der Waals surface area contributed by atoms with E-state index >= 15 is 0 Å². The molecule has 2 rings (SSSR count). The number of ether oxygens (including phenoxy) is 2. The van der Waals surface area contributed by atoms with E-state index in [1.165, 1.54) is 11.1 Å². The van der Waals surface area contributed by atoms with Gasteiger partial charge in [-0.05, 0) is 43.5 Å². The zero-order chi connectivity index (χ0) is 14.4. The predicted octanol–water partition coefficient (Wildman–Crippen LogP) is 2.97. The van der Waals surface area contributed by atoms with E-state index < -0.39 is 0 Å². The summed E-state index contributed by atoms with van der Waals surface area (Å²) in [5.74, 6) is 0. The minimum Gasteiger partial charge on any atom is -0.376 e. The van der Waals surface area contributed by atoms with Crippen LogP contribution >= 0.6 is 11.6 Å². The van der Waals surface area contributed by atoms with Gasteiger partial charge in [0.15, 0.2) is 0 Å². The largest absolute Gasteiger partial charge is 0.376 e. The van der Waals surface area contributed by atoms with Gasteiger partial charge in [-0.15, -0.1) is 0 Å². The van der Waals surface area contributed by atoms with Crippen molar-refractivity contribution in [3.8, 4) is 0 Å². The lowest BCUT2D eigenvalue weighted by atomic mass is 10.00. The zero-order valence-electron chi connectivity index (χ0n) is 12.3. The molecule has 20 heavy (non-hydrogen) atoms. The number of hydrogen-bond acceptors (Lipinski definition) is 3. The van der Waals surface area contributed by atoms with E-state index in [9.17, 15) is 0 Å². The lowest BCUT2D eigenvalue weighted by molar-refractivity contribution is -0.101. The quantitative estimate of drug-likeness (QED) is 0.876. The molecule has 0 spiro atoms. The van der Waals surface area contributed by atoms with Crippen LogP contribution in [0.4, 0.5) is 0 Å². The van der Waals surface area contributed by atoms with Crippen molar-refractivity contribution in [1.29, 1.82) is 0 Å². The summed E-state index contributed by atoms with van der Waals surface area (Å²) in [6.45, 7) is 7.24. The van der Waals surface area contributed by atoms with Crippen LogP contribution in [-0.2, 0) is 15.9 Å². The number of hydrogen-bond donors (Lipinski definition) is 1. The van der Waals surface area contributed by atoms with E-state index in [-0.39, 0.29) is 12.1 Å². The summed E-state index contributed by atoms with van der Waals surface area (Å²) in [5.41, 5.74) is 2.36. The summed E-state index contributed by atoms with van der Waals surface area (Å²) in [6.07, 6.45) is 2.08. The fourth-order valence-electron chi connectivity index (χ4n) is 2.46. The van der Waals surface area contributed by atoms with Gasteiger partial charge in [0, 0.05) is 11.1 Å². The SMILES string of the molecule is CCCNC(Cc1ccc(C)cc1Cl)C1COCCO1. The first-order chi connectivity index (χ1) is 9.70. The van der Waals surface area contributed by atoms with Crippen molar-refractivity contribution >= 4 is 11.6 Å². The molecule has 1 aliphatic rings. The maximum absolute atomic E-state index is 6.35. The van der Waals surface area contributed by atoms with Gasteiger partial charge in [-0.3, -0.25) is 0 Å². The third kappa shape index (κ3) is 4.45. The first-order valence-corrected chi connectivity index (χ1v) is 7.76. The van der Waals surface area contributed by atoms with Crippen molar-refractivity contribution in [2.45, 2.75) is 38.8 Å². The van der Waals surface area contributed by atoms with Gasteiger partial charge < -0.3 is 14.8 Å². The molecule has 1 N–H and O–H groups in total. The summed E-state index contributed by atoms with van der Waals surface area (Å²) < 4.78 is 11.4. The fourth-order valence-corrected chi connectivity index (χ4v) is 2.77. The standard InChI is InChI=1S/C16H24ClNO2/c1-3-6-18-15(16-11-19-7-8-20-16)10-13-5-4-12(2)9-14(13)17/h4-5,9,15-16,18H,3,6-8,10-11H2,1-2H3. The molecule has 1 saturated heterocycles. The van der Waals surface area contributed by atoms with E-state index in [0.29, 0.717) is 19.8 Å². The number of rotatable bonds is 6. The average Bonchev–Trinajstić information content (AvgIpc) is 2.46. The molecule has 1 aromatic rings. The molecule has 112 valence electrons. The molecule has 1 fully saturated rings. The van der Waals surface area contributed by atoms with Crippen molar-refractivity contribution in [3.05, 3.63) is 34.3 Å². The topological polar surface area (TPSA) is 30.5 Å². The molecular weight excluding hydrogens is 274 g/mol. The second-order valence-corrected chi connectivity index (χ2v) is 5.75. The Labute approximate surface area is 126 Å². The molecule has 1 aliphatic heterocycles. The van der Waals surface area contributed by atoms with Crippen LogP contribution < -0.4 is 5.32 Å². The first-order valence-electron chi connectivity index (χ1n) is 7.38. The Bertz CT molecular complexity index is 419. The molecule has 1 heterocycles. The van der Waals surface area contributed by atoms with Crippen LogP contribution in [-0.4, -0.2) is 38.5 Å². The fraction of sp³-hybridized carbons (Fsp3) is 0.625. The average molecular weight is 298 g/mol. The normalized spacial score (nSPS) is 20.9. The van der Waals surface area contributed by atoms with E-state index in [0.717, 1.165) is 24.4 Å². The molecule has 2 unspecified atom stereocenters. The minimum absolute atomic E-state index is 0.104. The molecule has 0 aliphatic carbocycles. The van der Waals surface area contributed by atoms with Crippen LogP contribution in [0.25, 0.3) is 0 Å². The molecule has 0 saturated carbocycles. The second-order valence-electron chi connectivity index (χ2n) is 5.34. The Morgan fingerprint density at radius 2 is 2.25 bits per heavy atom. The van der Waals surface area contributed by atoms with Crippen LogP contribution in [0, 0.1) is 6.92 Å². The molecule has 2 atom stereocenters. The highest BCUT2D eigenvalue weighted by molar-refractivity contribution is 6.31. The first kappa shape index (κ1) is 15.8. The van der Waals surface area contributed by atoms with Crippen molar-refractivity contribution in [2.24, 2.45) is 0 Å². The molecule has 1 aromatic carbocycles. The lowest BCUT2D eigenvalue weighted by Gasteiger charge is -2.31. The Morgan fingerprint density at radius 1 is 1.40 bits per heavy atom. The van der Waals surface area contributed by atoms with Crippen molar-refractivity contribution in [2.75, 3.05) is 26.4 Å². The monoisotopic (exact) mass is 297 g/mol. The molecule has 0 aromatic heterocycles. The second kappa shape index (κ2) is 7.99. The summed E-state index contributed by atoms with van der Waals surface area (Å²) in [4.78, 5) is 0. The van der Waals surface area contributed by atoms with Gasteiger partial charge in [0.25, 0.3) is 0 Å². The van der Waals surface area contributed by atoms with Crippen molar-refractivity contribution < 1.29 is 9.47 Å². The van der Waals surface area contributed by atoms with E-state index in [1.54, 1.807) is 0 Å². The highest BCUT2D eigenvalue weighted by Crippen LogP contribution is 2.21. The molecule has 0 bridgehead atoms. The maximum Gasteiger partial charge on any atom is 0.0965 e. The molecule has 0 radical (unpaired) electrons. The van der Waals surface area contributed by atoms with Gasteiger partial charge in [-0.25, -0.2) is 0 Å². The summed E-state index contributed by atoms with van der Waals surface area (Å²) in [7, 11) is 0. The van der Waals surface area contributed by atoms with Gasteiger partial charge in [0.1, 0.15) is 0 Å². The van der Waals surface area contributed by atoms with Crippen molar-refractivity contribution in [3.63, 3.8) is 0 Å². The summed E-state index contributed by atoms with van der Waals surface area (Å²) >= 11 is 6.35. The summed E-state index contributed by atoms with van der Waals surface area (Å²) in [5, 5.41) is 4.40. The molecule has 0 amide bonds. The van der Waals surface area contributed by atoms with Gasteiger partial charge >= 0.3 is 0 Å². The lowest BCUT2D eigenvalue weighted by Crippen LogP contribution is -2.48. The Balaban J connectivity index is 2.05. The van der Waals surface area contributed by atoms with Crippen LogP contribution in [0.15, 0.2) is 18.2 Å². The number of aryl methyl sites for hydroxylation is 1. The predicted molar refractivity (Wildman–Crippen MR) is 82.5 cm³/mol. The number of nitrogens with one attached hydrogen (secondary N) is 1. The highest BCUT2D eigenvalue weighted by Gasteiger charge is 2.25. The molecule has 3 nitrogen and oxygen atoms in total. The Hall–Kier alpha value is -0.610. The van der Waals surface area contributed by atoms with Gasteiger partial charge in [0.05, 0.1) is 25.9 Å². The Morgan fingerprint density at radius 3 is 2.90 bits per heavy atom. The van der Waals surface area contributed by atoms with E-state index in [2.05, 4.69) is 31.3 Å². The number of halogens is 1. The third-order valence-corrected chi connectivity index (χ3v) is 3.95. The molecule has 4 heteroatoms. The Kier molecular flexibility index (Phi) is 6.30. The van der Waals surface area contributed by atoms with Crippen LogP contribution in [0.1, 0.15) is 24.5 Å². The molecular formula is C16H24ClNO2. The zero-order valence-corrected chi connectivity index (χ0v) is 13.1. The van der Waals surface area contributed by atoms with Crippen LogP contribution in [0.5, 0.6) is 0 Å². The van der Waals surface area contributed by atoms with Gasteiger partial charge in [0.2, 0.25) is 0 Å². The minimum atomic E-state index is 0.104. The summed E-state index contributed by atoms with van der Waals surface area (Å²) in [6, 6.07) is 6.49. The maximum atomic E-state index is 6.35. The third-order valence-electron chi connectivity index (χ3n) is 3.60. The van der Waals surface area contributed by atoms with Gasteiger partial charge in [-0.1, -0.05) is 30.7 Å².